The van der Waals surface area contributed by atoms with E-state index in [4.69, 9.17) is 9.57 Å². The van der Waals surface area contributed by atoms with Crippen molar-refractivity contribution in [3.63, 3.8) is 0 Å². The Kier molecular flexibility index (Phi) is 5.58. The fourth-order valence-electron chi connectivity index (χ4n) is 2.13. The van der Waals surface area contributed by atoms with Gasteiger partial charge in [-0.1, -0.05) is 16.8 Å². The second-order valence-electron chi connectivity index (χ2n) is 5.61. The largest absolute Gasteiger partial charge is 0.461 e. The number of esters is 1. The summed E-state index contributed by atoms with van der Waals surface area (Å²) in [4.78, 5) is 17.0. The topological polar surface area (TPSA) is 47.9 Å². The standard InChI is InChI=1S/C15H25NO3/c1-6-18-14(17)12(3)16-19-15(4,5)13-9-7-11(2)8-10-13/h7,13H,6,8-10H2,1-5H3/b16-12-/t13-/m1/s1. The summed E-state index contributed by atoms with van der Waals surface area (Å²) in [6, 6.07) is 0. The van der Waals surface area contributed by atoms with E-state index < -0.39 is 5.97 Å². The molecule has 0 radical (unpaired) electrons. The van der Waals surface area contributed by atoms with Crippen molar-refractivity contribution < 1.29 is 14.4 Å². The molecule has 0 bridgehead atoms. The summed E-state index contributed by atoms with van der Waals surface area (Å²) in [6.45, 7) is 9.93. The molecule has 19 heavy (non-hydrogen) atoms. The Balaban J connectivity index is 2.59. The molecule has 0 unspecified atom stereocenters. The van der Waals surface area contributed by atoms with Crippen LogP contribution in [-0.4, -0.2) is 23.9 Å². The predicted molar refractivity (Wildman–Crippen MR) is 76.0 cm³/mol. The van der Waals surface area contributed by atoms with Crippen molar-refractivity contribution in [1.82, 2.24) is 0 Å². The molecule has 4 heteroatoms. The summed E-state index contributed by atoms with van der Waals surface area (Å²) in [7, 11) is 0. The van der Waals surface area contributed by atoms with Crippen LogP contribution in [0, 0.1) is 5.92 Å². The molecule has 0 aliphatic heterocycles. The lowest BCUT2D eigenvalue weighted by atomic mass is 9.80. The van der Waals surface area contributed by atoms with Crippen LogP contribution in [0.5, 0.6) is 0 Å². The molecule has 0 aromatic heterocycles. The SMILES string of the molecule is CCOC(=O)/C(C)=N\OC(C)(C)[C@@H]1CC=C(C)CC1. The van der Waals surface area contributed by atoms with Gasteiger partial charge >= 0.3 is 5.97 Å². The minimum Gasteiger partial charge on any atom is -0.461 e. The van der Waals surface area contributed by atoms with Gasteiger partial charge in [-0.2, -0.15) is 0 Å². The van der Waals surface area contributed by atoms with E-state index in [1.165, 1.54) is 5.57 Å². The monoisotopic (exact) mass is 267 g/mol. The van der Waals surface area contributed by atoms with Crippen LogP contribution in [-0.2, 0) is 14.4 Å². The van der Waals surface area contributed by atoms with Gasteiger partial charge in [-0.05, 0) is 53.9 Å². The molecule has 1 aliphatic carbocycles. The Morgan fingerprint density at radius 3 is 2.74 bits per heavy atom. The molecular weight excluding hydrogens is 242 g/mol. The molecule has 1 atom stereocenters. The highest BCUT2D eigenvalue weighted by atomic mass is 16.7. The van der Waals surface area contributed by atoms with E-state index in [-0.39, 0.29) is 11.3 Å². The van der Waals surface area contributed by atoms with Gasteiger partial charge in [0.1, 0.15) is 5.60 Å². The van der Waals surface area contributed by atoms with Gasteiger partial charge in [0.25, 0.3) is 0 Å². The molecule has 0 aromatic rings. The van der Waals surface area contributed by atoms with E-state index in [9.17, 15) is 4.79 Å². The molecule has 0 saturated carbocycles. The number of oxime groups is 1. The molecule has 0 aromatic carbocycles. The number of nitrogens with zero attached hydrogens (tertiary/aromatic N) is 1. The molecule has 1 aliphatic rings. The van der Waals surface area contributed by atoms with Crippen LogP contribution in [0.25, 0.3) is 0 Å². The third-order valence-electron chi connectivity index (χ3n) is 3.61. The second kappa shape index (κ2) is 6.73. The summed E-state index contributed by atoms with van der Waals surface area (Å²) in [5.74, 6) is 0.00706. The molecule has 1 rings (SSSR count). The number of ether oxygens (including phenoxy) is 1. The summed E-state index contributed by atoms with van der Waals surface area (Å²) < 4.78 is 4.87. The predicted octanol–water partition coefficient (Wildman–Crippen LogP) is 3.47. The lowest BCUT2D eigenvalue weighted by Gasteiger charge is -2.33. The van der Waals surface area contributed by atoms with Crippen molar-refractivity contribution in [3.8, 4) is 0 Å². The van der Waals surface area contributed by atoms with E-state index in [0.717, 1.165) is 19.3 Å². The van der Waals surface area contributed by atoms with E-state index in [1.807, 2.05) is 13.8 Å². The van der Waals surface area contributed by atoms with Crippen molar-refractivity contribution in [3.05, 3.63) is 11.6 Å². The molecule has 0 saturated heterocycles. The summed E-state index contributed by atoms with van der Waals surface area (Å²) >= 11 is 0. The highest BCUT2D eigenvalue weighted by Crippen LogP contribution is 2.34. The third kappa shape index (κ3) is 4.69. The summed E-state index contributed by atoms with van der Waals surface area (Å²) in [6.07, 6.45) is 5.48. The van der Waals surface area contributed by atoms with Crippen LogP contribution in [0.4, 0.5) is 0 Å². The van der Waals surface area contributed by atoms with Gasteiger partial charge in [0.15, 0.2) is 5.71 Å². The molecule has 108 valence electrons. The number of hydrogen-bond acceptors (Lipinski definition) is 4. The van der Waals surface area contributed by atoms with Crippen molar-refractivity contribution in [2.75, 3.05) is 6.61 Å². The maximum Gasteiger partial charge on any atom is 0.355 e. The minimum atomic E-state index is -0.419. The van der Waals surface area contributed by atoms with Crippen molar-refractivity contribution in [2.24, 2.45) is 11.1 Å². The Hall–Kier alpha value is -1.32. The average Bonchev–Trinajstić information content (AvgIpc) is 2.37. The van der Waals surface area contributed by atoms with Crippen molar-refractivity contribution >= 4 is 11.7 Å². The zero-order chi connectivity index (χ0) is 14.5. The lowest BCUT2D eigenvalue weighted by molar-refractivity contribution is -0.135. The van der Waals surface area contributed by atoms with E-state index >= 15 is 0 Å². The normalized spacial score (nSPS) is 20.8. The van der Waals surface area contributed by atoms with Gasteiger partial charge in [-0.3, -0.25) is 0 Å². The quantitative estimate of drug-likeness (QED) is 0.332. The van der Waals surface area contributed by atoms with Crippen LogP contribution in [0.3, 0.4) is 0 Å². The van der Waals surface area contributed by atoms with Gasteiger partial charge in [-0.25, -0.2) is 4.79 Å². The maximum atomic E-state index is 11.4. The number of hydrogen-bond donors (Lipinski definition) is 0. The molecule has 0 fully saturated rings. The van der Waals surface area contributed by atoms with Gasteiger partial charge in [-0.15, -0.1) is 0 Å². The van der Waals surface area contributed by atoms with Crippen LogP contribution in [0.2, 0.25) is 0 Å². The van der Waals surface area contributed by atoms with E-state index in [1.54, 1.807) is 13.8 Å². The highest BCUT2D eigenvalue weighted by molar-refractivity contribution is 6.35. The first-order valence-electron chi connectivity index (χ1n) is 6.92. The maximum absolute atomic E-state index is 11.4. The molecule has 4 nitrogen and oxygen atoms in total. The number of allylic oxidation sites excluding steroid dienone is 2. The molecule has 0 heterocycles. The smallest absolute Gasteiger partial charge is 0.355 e. The van der Waals surface area contributed by atoms with Gasteiger partial charge in [0.2, 0.25) is 0 Å². The van der Waals surface area contributed by atoms with E-state index in [0.29, 0.717) is 12.5 Å². The fraction of sp³-hybridized carbons (Fsp3) is 0.733. The average molecular weight is 267 g/mol. The summed E-state index contributed by atoms with van der Waals surface area (Å²) in [5, 5.41) is 3.93. The van der Waals surface area contributed by atoms with Gasteiger partial charge in [0, 0.05) is 5.92 Å². The van der Waals surface area contributed by atoms with E-state index in [2.05, 4.69) is 18.2 Å². The van der Waals surface area contributed by atoms with Crippen LogP contribution < -0.4 is 0 Å². The molecule has 0 amide bonds. The third-order valence-corrected chi connectivity index (χ3v) is 3.61. The first-order chi connectivity index (χ1) is 8.86. The molecule has 0 N–H and O–H groups in total. The minimum absolute atomic E-state index is 0.262. The van der Waals surface area contributed by atoms with Gasteiger partial charge < -0.3 is 9.57 Å². The van der Waals surface area contributed by atoms with Crippen LogP contribution in [0.1, 0.15) is 53.9 Å². The van der Waals surface area contributed by atoms with Crippen molar-refractivity contribution in [1.29, 1.82) is 0 Å². The number of carbonyl (C=O) groups excluding carboxylic acids is 1. The van der Waals surface area contributed by atoms with Crippen molar-refractivity contribution in [2.45, 2.75) is 59.5 Å². The Morgan fingerprint density at radius 2 is 2.21 bits per heavy atom. The number of carbonyl (C=O) groups is 1. The number of rotatable bonds is 5. The second-order valence-corrected chi connectivity index (χ2v) is 5.61. The Morgan fingerprint density at radius 1 is 1.53 bits per heavy atom. The van der Waals surface area contributed by atoms with Crippen LogP contribution in [0.15, 0.2) is 16.8 Å². The highest BCUT2D eigenvalue weighted by Gasteiger charge is 2.32. The fourth-order valence-corrected chi connectivity index (χ4v) is 2.13. The molecule has 0 spiro atoms. The Labute approximate surface area is 115 Å². The van der Waals surface area contributed by atoms with Gasteiger partial charge in [0.05, 0.1) is 6.61 Å². The summed E-state index contributed by atoms with van der Waals surface area (Å²) in [5.41, 5.74) is 1.33. The zero-order valence-corrected chi connectivity index (χ0v) is 12.7. The first-order valence-corrected chi connectivity index (χ1v) is 6.92. The molecular formula is C15H25NO3. The Bertz CT molecular complexity index is 383. The first kappa shape index (κ1) is 15.7. The lowest BCUT2D eigenvalue weighted by Crippen LogP contribution is -2.34. The van der Waals surface area contributed by atoms with Crippen LogP contribution >= 0.6 is 0 Å². The zero-order valence-electron chi connectivity index (χ0n) is 12.7.